The van der Waals surface area contributed by atoms with Crippen LogP contribution in [0, 0.1) is 0 Å². The first-order valence-electron chi connectivity index (χ1n) is 12.0. The third kappa shape index (κ3) is 7.85. The number of aryl methyl sites for hydroxylation is 1. The SMILES string of the molecule is CCc1ccccc1N(CC(=O)N(Cc1ccc(Cl)c(Cl)c1)[C@@H](CC)C(=O)N[C@@H](C)CC)S(C)(=O)=O. The molecule has 36 heavy (non-hydrogen) atoms. The van der Waals surface area contributed by atoms with Gasteiger partial charge in [0.25, 0.3) is 0 Å². The third-order valence-corrected chi connectivity index (χ3v) is 7.91. The lowest BCUT2D eigenvalue weighted by Gasteiger charge is -2.33. The molecule has 10 heteroatoms. The lowest BCUT2D eigenvalue weighted by Crippen LogP contribution is -2.53. The van der Waals surface area contributed by atoms with E-state index in [0.29, 0.717) is 34.1 Å². The maximum Gasteiger partial charge on any atom is 0.244 e. The molecular formula is C26H35Cl2N3O4S. The smallest absolute Gasteiger partial charge is 0.244 e. The van der Waals surface area contributed by atoms with Crippen molar-refractivity contribution in [2.45, 2.75) is 65.6 Å². The van der Waals surface area contributed by atoms with Gasteiger partial charge in [0.1, 0.15) is 12.6 Å². The van der Waals surface area contributed by atoms with Gasteiger partial charge in [-0.15, -0.1) is 0 Å². The predicted octanol–water partition coefficient (Wildman–Crippen LogP) is 5.04. The number of nitrogens with one attached hydrogen (secondary N) is 1. The molecule has 0 aliphatic heterocycles. The topological polar surface area (TPSA) is 86.8 Å². The first kappa shape index (κ1) is 29.9. The molecule has 198 valence electrons. The number of benzene rings is 2. The minimum atomic E-state index is -3.79. The molecule has 0 fully saturated rings. The fourth-order valence-electron chi connectivity index (χ4n) is 3.84. The maximum absolute atomic E-state index is 13.8. The van der Waals surface area contributed by atoms with E-state index in [1.54, 1.807) is 30.3 Å². The summed E-state index contributed by atoms with van der Waals surface area (Å²) in [5.41, 5.74) is 1.92. The number of rotatable bonds is 12. The van der Waals surface area contributed by atoms with Crippen LogP contribution in [0.3, 0.4) is 0 Å². The van der Waals surface area contributed by atoms with E-state index in [4.69, 9.17) is 23.2 Å². The number of nitrogens with zero attached hydrogens (tertiary/aromatic N) is 2. The molecule has 0 aromatic heterocycles. The van der Waals surface area contributed by atoms with E-state index in [-0.39, 0.29) is 18.5 Å². The number of carbonyl (C=O) groups is 2. The average molecular weight is 557 g/mol. The van der Waals surface area contributed by atoms with Gasteiger partial charge < -0.3 is 10.2 Å². The van der Waals surface area contributed by atoms with Gasteiger partial charge in [-0.2, -0.15) is 0 Å². The molecule has 2 rings (SSSR count). The second-order valence-corrected chi connectivity index (χ2v) is 11.5. The van der Waals surface area contributed by atoms with Gasteiger partial charge in [0.2, 0.25) is 21.8 Å². The number of halogens is 2. The lowest BCUT2D eigenvalue weighted by atomic mass is 10.1. The zero-order valence-corrected chi connectivity index (χ0v) is 23.8. The van der Waals surface area contributed by atoms with Crippen LogP contribution in [0.25, 0.3) is 0 Å². The van der Waals surface area contributed by atoms with Gasteiger partial charge in [0, 0.05) is 12.6 Å². The fraction of sp³-hybridized carbons (Fsp3) is 0.462. The van der Waals surface area contributed by atoms with Gasteiger partial charge in [0.15, 0.2) is 0 Å². The Kier molecular flexibility index (Phi) is 11.1. The average Bonchev–Trinajstić information content (AvgIpc) is 2.83. The van der Waals surface area contributed by atoms with Crippen molar-refractivity contribution in [2.75, 3.05) is 17.1 Å². The van der Waals surface area contributed by atoms with Crippen molar-refractivity contribution in [3.8, 4) is 0 Å². The molecule has 0 aliphatic rings. The summed E-state index contributed by atoms with van der Waals surface area (Å²) in [5, 5.41) is 3.65. The number of hydrogen-bond donors (Lipinski definition) is 1. The molecular weight excluding hydrogens is 521 g/mol. The second kappa shape index (κ2) is 13.3. The quantitative estimate of drug-likeness (QED) is 0.397. The monoisotopic (exact) mass is 555 g/mol. The van der Waals surface area contributed by atoms with Crippen molar-refractivity contribution >= 4 is 50.7 Å². The molecule has 0 heterocycles. The molecule has 7 nitrogen and oxygen atoms in total. The van der Waals surface area contributed by atoms with Crippen molar-refractivity contribution in [1.82, 2.24) is 10.2 Å². The summed E-state index contributed by atoms with van der Waals surface area (Å²) in [6.07, 6.45) is 2.75. The van der Waals surface area contributed by atoms with Crippen LogP contribution in [0.4, 0.5) is 5.69 Å². The molecule has 2 atom stereocenters. The summed E-state index contributed by atoms with van der Waals surface area (Å²) in [5.74, 6) is -0.788. The van der Waals surface area contributed by atoms with Gasteiger partial charge in [-0.25, -0.2) is 8.42 Å². The molecule has 0 bridgehead atoms. The van der Waals surface area contributed by atoms with E-state index >= 15 is 0 Å². The third-order valence-electron chi connectivity index (χ3n) is 6.04. The van der Waals surface area contributed by atoms with Crippen LogP contribution < -0.4 is 9.62 Å². The van der Waals surface area contributed by atoms with Crippen LogP contribution >= 0.6 is 23.2 Å². The van der Waals surface area contributed by atoms with E-state index in [1.165, 1.54) is 4.90 Å². The molecule has 0 radical (unpaired) electrons. The Morgan fingerprint density at radius 2 is 1.67 bits per heavy atom. The van der Waals surface area contributed by atoms with Crippen LogP contribution in [-0.4, -0.2) is 50.0 Å². The molecule has 2 aromatic rings. The number of anilines is 1. The first-order chi connectivity index (χ1) is 16.9. The Labute approximate surface area is 224 Å². The number of amides is 2. The zero-order chi connectivity index (χ0) is 27.0. The molecule has 2 aromatic carbocycles. The summed E-state index contributed by atoms with van der Waals surface area (Å²) in [4.78, 5) is 28.4. The predicted molar refractivity (Wildman–Crippen MR) is 147 cm³/mol. The molecule has 0 spiro atoms. The van der Waals surface area contributed by atoms with Crippen molar-refractivity contribution in [1.29, 1.82) is 0 Å². The molecule has 0 saturated heterocycles. The molecule has 2 amide bonds. The fourth-order valence-corrected chi connectivity index (χ4v) is 5.04. The van der Waals surface area contributed by atoms with E-state index in [1.807, 2.05) is 39.8 Å². The van der Waals surface area contributed by atoms with E-state index in [0.717, 1.165) is 22.5 Å². The van der Waals surface area contributed by atoms with E-state index in [9.17, 15) is 18.0 Å². The van der Waals surface area contributed by atoms with Crippen molar-refractivity contribution in [2.24, 2.45) is 0 Å². The summed E-state index contributed by atoms with van der Waals surface area (Å²) >= 11 is 12.3. The highest BCUT2D eigenvalue weighted by molar-refractivity contribution is 7.92. The molecule has 0 aliphatic carbocycles. The number of hydrogen-bond acceptors (Lipinski definition) is 4. The van der Waals surface area contributed by atoms with Gasteiger partial charge in [0.05, 0.1) is 22.0 Å². The van der Waals surface area contributed by atoms with Gasteiger partial charge in [-0.05, 0) is 55.5 Å². The minimum Gasteiger partial charge on any atom is -0.352 e. The van der Waals surface area contributed by atoms with Crippen LogP contribution in [-0.2, 0) is 32.6 Å². The molecule has 0 unspecified atom stereocenters. The van der Waals surface area contributed by atoms with Crippen LogP contribution in [0.2, 0.25) is 10.0 Å². The summed E-state index contributed by atoms with van der Waals surface area (Å²) in [7, 11) is -3.79. The Balaban J connectivity index is 2.50. The van der Waals surface area contributed by atoms with E-state index in [2.05, 4.69) is 5.32 Å². The summed E-state index contributed by atoms with van der Waals surface area (Å²) < 4.78 is 26.7. The summed E-state index contributed by atoms with van der Waals surface area (Å²) in [6, 6.07) is 11.2. The first-order valence-corrected chi connectivity index (χ1v) is 14.6. The number of para-hydroxylation sites is 1. The van der Waals surface area contributed by atoms with Crippen molar-refractivity contribution in [3.63, 3.8) is 0 Å². The Morgan fingerprint density at radius 3 is 2.22 bits per heavy atom. The van der Waals surface area contributed by atoms with Crippen molar-refractivity contribution in [3.05, 3.63) is 63.6 Å². The van der Waals surface area contributed by atoms with Gasteiger partial charge in [-0.3, -0.25) is 13.9 Å². The number of sulfonamides is 1. The zero-order valence-electron chi connectivity index (χ0n) is 21.4. The molecule has 0 saturated carbocycles. The standard InChI is InChI=1S/C26H35Cl2N3O4S/c1-6-18(4)29-26(33)23(8-3)30(16-19-13-14-21(27)22(28)15-19)25(32)17-31(36(5,34)35)24-12-10-9-11-20(24)7-2/h9-15,18,23H,6-8,16-17H2,1-5H3,(H,29,33)/t18-,23-/m0/s1. The Bertz CT molecular complexity index is 1170. The number of carbonyl (C=O) groups excluding carboxylic acids is 2. The van der Waals surface area contributed by atoms with Gasteiger partial charge in [-0.1, -0.05) is 68.2 Å². The Hall–Kier alpha value is -2.29. The summed E-state index contributed by atoms with van der Waals surface area (Å²) in [6.45, 7) is 7.21. The van der Waals surface area contributed by atoms with E-state index < -0.39 is 28.5 Å². The lowest BCUT2D eigenvalue weighted by molar-refractivity contribution is -0.140. The normalized spacial score (nSPS) is 13.1. The highest BCUT2D eigenvalue weighted by Crippen LogP contribution is 2.26. The highest BCUT2D eigenvalue weighted by atomic mass is 35.5. The minimum absolute atomic E-state index is 0.0647. The maximum atomic E-state index is 13.8. The molecule has 1 N–H and O–H groups in total. The van der Waals surface area contributed by atoms with Crippen LogP contribution in [0.5, 0.6) is 0 Å². The van der Waals surface area contributed by atoms with Crippen molar-refractivity contribution < 1.29 is 18.0 Å². The highest BCUT2D eigenvalue weighted by Gasteiger charge is 2.32. The largest absolute Gasteiger partial charge is 0.352 e. The Morgan fingerprint density at radius 1 is 1.00 bits per heavy atom. The second-order valence-electron chi connectivity index (χ2n) is 8.76. The van der Waals surface area contributed by atoms with Crippen LogP contribution in [0.1, 0.15) is 51.7 Å². The van der Waals surface area contributed by atoms with Crippen LogP contribution in [0.15, 0.2) is 42.5 Å². The van der Waals surface area contributed by atoms with Gasteiger partial charge >= 0.3 is 0 Å².